The summed E-state index contributed by atoms with van der Waals surface area (Å²) in [4.78, 5) is 21.7. The minimum absolute atomic E-state index is 0.315. The molecule has 1 heterocycles. The molecule has 0 radical (unpaired) electrons. The summed E-state index contributed by atoms with van der Waals surface area (Å²) in [7, 11) is 1.68. The fraction of sp³-hybridized carbons (Fsp3) is 0.400. The topological polar surface area (TPSA) is 51.5 Å². The number of benzene rings is 1. The van der Waals surface area contributed by atoms with Crippen LogP contribution in [0.15, 0.2) is 47.2 Å². The van der Waals surface area contributed by atoms with Crippen LogP contribution in [-0.4, -0.2) is 30.8 Å². The minimum atomic E-state index is -0.315. The zero-order valence-corrected chi connectivity index (χ0v) is 17.9. The van der Waals surface area contributed by atoms with Gasteiger partial charge in [0.15, 0.2) is 0 Å². The van der Waals surface area contributed by atoms with E-state index in [0.29, 0.717) is 18.1 Å². The molecule has 0 bridgehead atoms. The van der Waals surface area contributed by atoms with E-state index in [9.17, 15) is 4.79 Å². The number of aliphatic imine (C=N–C) groups is 1. The van der Waals surface area contributed by atoms with Gasteiger partial charge in [-0.15, -0.1) is 0 Å². The smallest absolute Gasteiger partial charge is 0.340 e. The lowest BCUT2D eigenvalue weighted by molar-refractivity contribution is -0.139. The molecule has 3 rings (SSSR count). The number of esters is 1. The summed E-state index contributed by atoms with van der Waals surface area (Å²) in [6, 6.07) is 8.17. The van der Waals surface area contributed by atoms with Gasteiger partial charge in [-0.25, -0.2) is 4.79 Å². The molecular weight excluding hydrogens is 360 g/mol. The average molecular weight is 391 g/mol. The van der Waals surface area contributed by atoms with E-state index in [1.165, 1.54) is 0 Å². The van der Waals surface area contributed by atoms with E-state index in [4.69, 9.17) is 4.74 Å². The lowest BCUT2D eigenvalue weighted by Crippen LogP contribution is -2.17. The highest BCUT2D eigenvalue weighted by Crippen LogP contribution is 2.46. The molecule has 1 aromatic carbocycles. The summed E-state index contributed by atoms with van der Waals surface area (Å²) in [5.74, 6) is 0.0838. The van der Waals surface area contributed by atoms with Crippen molar-refractivity contribution in [2.75, 3.05) is 13.7 Å². The Morgan fingerprint density at radius 1 is 1.17 bits per heavy atom. The predicted octanol–water partition coefficient (Wildman–Crippen LogP) is 5.63. The summed E-state index contributed by atoms with van der Waals surface area (Å²) in [6.45, 7) is 6.84. The van der Waals surface area contributed by atoms with Crippen LogP contribution < -0.4 is 0 Å². The normalized spacial score (nSPS) is 15.2. The second-order valence-electron chi connectivity index (χ2n) is 7.62. The Labute approximate surface area is 173 Å². The number of pyridine rings is 1. The van der Waals surface area contributed by atoms with Crippen LogP contribution in [0, 0.1) is 12.8 Å². The van der Waals surface area contributed by atoms with E-state index < -0.39 is 0 Å². The van der Waals surface area contributed by atoms with E-state index in [-0.39, 0.29) is 5.97 Å². The van der Waals surface area contributed by atoms with Gasteiger partial charge < -0.3 is 4.74 Å². The molecule has 0 saturated heterocycles. The summed E-state index contributed by atoms with van der Waals surface area (Å²) in [5.41, 5.74) is 6.72. The zero-order chi connectivity index (χ0) is 20.8. The monoisotopic (exact) mass is 390 g/mol. The third kappa shape index (κ3) is 4.31. The molecule has 1 aliphatic carbocycles. The SMILES string of the molecule is CCCCC(CC)COC(=O)/C(C=NC)=C1/c2ccccc2-c2c(C)cncc21. The Balaban J connectivity index is 2.02. The van der Waals surface area contributed by atoms with Crippen molar-refractivity contribution in [2.24, 2.45) is 10.9 Å². The molecular formula is C25H30N2O2. The number of ether oxygens (including phenoxy) is 1. The Morgan fingerprint density at radius 3 is 2.62 bits per heavy atom. The van der Waals surface area contributed by atoms with Gasteiger partial charge in [0.05, 0.1) is 12.2 Å². The van der Waals surface area contributed by atoms with Crippen LogP contribution in [0.5, 0.6) is 0 Å². The number of fused-ring (bicyclic) bond motifs is 3. The third-order valence-corrected chi connectivity index (χ3v) is 5.61. The van der Waals surface area contributed by atoms with Crippen molar-refractivity contribution >= 4 is 17.8 Å². The van der Waals surface area contributed by atoms with Gasteiger partial charge in [0.25, 0.3) is 0 Å². The van der Waals surface area contributed by atoms with Gasteiger partial charge in [-0.1, -0.05) is 57.4 Å². The molecule has 4 heteroatoms. The number of hydrogen-bond donors (Lipinski definition) is 0. The van der Waals surface area contributed by atoms with E-state index in [0.717, 1.165) is 59.1 Å². The maximum Gasteiger partial charge on any atom is 0.340 e. The van der Waals surface area contributed by atoms with E-state index in [1.54, 1.807) is 13.3 Å². The molecule has 0 saturated carbocycles. The molecule has 1 unspecified atom stereocenters. The van der Waals surface area contributed by atoms with Crippen LogP contribution in [0.1, 0.15) is 56.2 Å². The highest BCUT2D eigenvalue weighted by Gasteiger charge is 2.30. The second kappa shape index (κ2) is 9.64. The molecule has 1 atom stereocenters. The fourth-order valence-electron chi connectivity index (χ4n) is 3.98. The third-order valence-electron chi connectivity index (χ3n) is 5.61. The molecule has 0 N–H and O–H groups in total. The van der Waals surface area contributed by atoms with E-state index in [1.807, 2.05) is 24.5 Å². The second-order valence-corrected chi connectivity index (χ2v) is 7.62. The van der Waals surface area contributed by atoms with Crippen molar-refractivity contribution in [3.8, 4) is 11.1 Å². The van der Waals surface area contributed by atoms with Crippen molar-refractivity contribution in [3.05, 3.63) is 58.9 Å². The number of aryl methyl sites for hydroxylation is 1. The Kier molecular flexibility index (Phi) is 6.97. The summed E-state index contributed by atoms with van der Waals surface area (Å²) < 4.78 is 5.77. The van der Waals surface area contributed by atoms with Crippen LogP contribution in [0.4, 0.5) is 0 Å². The first kappa shape index (κ1) is 21.0. The van der Waals surface area contributed by atoms with Crippen molar-refractivity contribution in [3.63, 3.8) is 0 Å². The highest BCUT2D eigenvalue weighted by atomic mass is 16.5. The number of carbonyl (C=O) groups excluding carboxylic acids is 1. The Morgan fingerprint density at radius 2 is 1.93 bits per heavy atom. The standard InChI is InChI=1S/C25H30N2O2/c1-5-7-10-18(6-2)16-29-25(28)22(14-26-4)24-20-12-9-8-11-19(20)23-17(3)13-27-15-21(23)24/h8-9,11-15,18H,5-7,10,16H2,1-4H3/b24-22-,26-14?. The first-order chi connectivity index (χ1) is 14.1. The average Bonchev–Trinajstić information content (AvgIpc) is 3.07. The van der Waals surface area contributed by atoms with Gasteiger partial charge in [0.1, 0.15) is 0 Å². The summed E-state index contributed by atoms with van der Waals surface area (Å²) >= 11 is 0. The maximum absolute atomic E-state index is 13.1. The van der Waals surface area contributed by atoms with Crippen LogP contribution in [0.25, 0.3) is 16.7 Å². The summed E-state index contributed by atoms with van der Waals surface area (Å²) in [5, 5.41) is 0. The molecule has 0 fully saturated rings. The lowest BCUT2D eigenvalue weighted by Gasteiger charge is -2.16. The van der Waals surface area contributed by atoms with Gasteiger partial charge in [-0.05, 0) is 41.5 Å². The van der Waals surface area contributed by atoms with E-state index in [2.05, 4.69) is 42.9 Å². The predicted molar refractivity (Wildman–Crippen MR) is 119 cm³/mol. The highest BCUT2D eigenvalue weighted by molar-refractivity contribution is 6.21. The molecule has 1 aromatic heterocycles. The van der Waals surface area contributed by atoms with Gasteiger partial charge in [-0.3, -0.25) is 9.98 Å². The maximum atomic E-state index is 13.1. The quantitative estimate of drug-likeness (QED) is 0.284. The Bertz CT molecular complexity index is 944. The molecule has 0 spiro atoms. The molecule has 29 heavy (non-hydrogen) atoms. The van der Waals surface area contributed by atoms with Crippen LogP contribution in [0.3, 0.4) is 0 Å². The van der Waals surface area contributed by atoms with Crippen molar-refractivity contribution in [1.29, 1.82) is 0 Å². The number of carbonyl (C=O) groups is 1. The largest absolute Gasteiger partial charge is 0.462 e. The van der Waals surface area contributed by atoms with Crippen LogP contribution >= 0.6 is 0 Å². The molecule has 4 nitrogen and oxygen atoms in total. The fourth-order valence-corrected chi connectivity index (χ4v) is 3.98. The number of rotatable bonds is 8. The minimum Gasteiger partial charge on any atom is -0.462 e. The first-order valence-electron chi connectivity index (χ1n) is 10.5. The van der Waals surface area contributed by atoms with Gasteiger partial charge in [-0.2, -0.15) is 0 Å². The van der Waals surface area contributed by atoms with Gasteiger partial charge >= 0.3 is 5.97 Å². The number of aromatic nitrogens is 1. The lowest BCUT2D eigenvalue weighted by atomic mass is 9.98. The first-order valence-corrected chi connectivity index (χ1v) is 10.5. The van der Waals surface area contributed by atoms with E-state index >= 15 is 0 Å². The molecule has 152 valence electrons. The molecule has 2 aromatic rings. The summed E-state index contributed by atoms with van der Waals surface area (Å²) in [6.07, 6.45) is 9.74. The number of nitrogens with zero attached hydrogens (tertiary/aromatic N) is 2. The van der Waals surface area contributed by atoms with Crippen molar-refractivity contribution in [1.82, 2.24) is 4.98 Å². The number of hydrogen-bond acceptors (Lipinski definition) is 4. The molecule has 0 aliphatic heterocycles. The Hall–Kier alpha value is -2.75. The number of unbranched alkanes of at least 4 members (excludes halogenated alkanes) is 1. The van der Waals surface area contributed by atoms with Crippen molar-refractivity contribution in [2.45, 2.75) is 46.5 Å². The van der Waals surface area contributed by atoms with Gasteiger partial charge in [0, 0.05) is 36.8 Å². The van der Waals surface area contributed by atoms with Gasteiger partial charge in [0.2, 0.25) is 0 Å². The van der Waals surface area contributed by atoms with Crippen molar-refractivity contribution < 1.29 is 9.53 Å². The molecule has 0 amide bonds. The molecule has 1 aliphatic rings. The van der Waals surface area contributed by atoms with Crippen LogP contribution in [0.2, 0.25) is 0 Å². The zero-order valence-electron chi connectivity index (χ0n) is 17.9. The van der Waals surface area contributed by atoms with Crippen LogP contribution in [-0.2, 0) is 9.53 Å².